The van der Waals surface area contributed by atoms with Crippen LogP contribution in [0.5, 0.6) is 0 Å². The lowest BCUT2D eigenvalue weighted by atomic mass is 9.97. The predicted molar refractivity (Wildman–Crippen MR) is 87.4 cm³/mol. The topological polar surface area (TPSA) is 69.9 Å². The van der Waals surface area contributed by atoms with Gasteiger partial charge in [0.05, 0.1) is 31.5 Å². The molecule has 0 fully saturated rings. The molecule has 1 aromatic carbocycles. The number of rotatable bonds is 11. The molecule has 1 rings (SSSR count). The Morgan fingerprint density at radius 3 is 2.32 bits per heavy atom. The minimum atomic E-state index is -0.554. The zero-order valence-electron chi connectivity index (χ0n) is 13.7. The van der Waals surface area contributed by atoms with E-state index in [9.17, 15) is 15.3 Å². The fourth-order valence-electron chi connectivity index (χ4n) is 2.29. The highest BCUT2D eigenvalue weighted by Crippen LogP contribution is 2.15. The Hall–Kier alpha value is -0.940. The van der Waals surface area contributed by atoms with E-state index in [1.807, 2.05) is 44.2 Å². The van der Waals surface area contributed by atoms with Crippen LogP contribution in [0.4, 0.5) is 0 Å². The first-order valence-corrected chi connectivity index (χ1v) is 8.18. The van der Waals surface area contributed by atoms with Crippen molar-refractivity contribution in [1.82, 2.24) is 0 Å². The van der Waals surface area contributed by atoms with Crippen molar-refractivity contribution >= 4 is 0 Å². The lowest BCUT2D eigenvalue weighted by molar-refractivity contribution is 0.0125. The SMILES string of the molecule is CC[C@@H](O)C[C@H](O)CC[C@H](O)[C@@H](C)COCc1ccccc1. The van der Waals surface area contributed by atoms with Crippen molar-refractivity contribution in [3.8, 4) is 0 Å². The molecule has 0 aliphatic rings. The number of aliphatic hydroxyl groups is 3. The van der Waals surface area contributed by atoms with Gasteiger partial charge in [-0.1, -0.05) is 44.2 Å². The highest BCUT2D eigenvalue weighted by Gasteiger charge is 2.17. The summed E-state index contributed by atoms with van der Waals surface area (Å²) in [6.07, 6.45) is 0.533. The van der Waals surface area contributed by atoms with Crippen molar-refractivity contribution in [1.29, 1.82) is 0 Å². The van der Waals surface area contributed by atoms with E-state index in [-0.39, 0.29) is 5.92 Å². The Balaban J connectivity index is 2.17. The summed E-state index contributed by atoms with van der Waals surface area (Å²) in [6, 6.07) is 9.94. The highest BCUT2D eigenvalue weighted by molar-refractivity contribution is 5.13. The van der Waals surface area contributed by atoms with Crippen molar-refractivity contribution < 1.29 is 20.1 Å². The molecule has 0 saturated heterocycles. The van der Waals surface area contributed by atoms with Gasteiger partial charge in [0.1, 0.15) is 0 Å². The van der Waals surface area contributed by atoms with Crippen molar-refractivity contribution in [2.24, 2.45) is 5.92 Å². The second-order valence-corrected chi connectivity index (χ2v) is 6.07. The number of benzene rings is 1. The summed E-state index contributed by atoms with van der Waals surface area (Å²) in [6.45, 7) is 4.87. The Kier molecular flexibility index (Phi) is 9.32. The molecule has 0 heterocycles. The molecular weight excluding hydrogens is 280 g/mol. The molecule has 4 atom stereocenters. The van der Waals surface area contributed by atoms with Crippen LogP contribution in [0.1, 0.15) is 45.1 Å². The summed E-state index contributed by atoms with van der Waals surface area (Å²) in [5.41, 5.74) is 1.12. The van der Waals surface area contributed by atoms with Crippen LogP contribution in [0, 0.1) is 5.92 Å². The molecule has 0 saturated carbocycles. The van der Waals surface area contributed by atoms with E-state index in [1.54, 1.807) is 0 Å². The molecule has 0 aromatic heterocycles. The van der Waals surface area contributed by atoms with Crippen LogP contribution in [-0.4, -0.2) is 40.2 Å². The van der Waals surface area contributed by atoms with Gasteiger partial charge in [-0.05, 0) is 31.2 Å². The van der Waals surface area contributed by atoms with Crippen molar-refractivity contribution in [2.45, 2.75) is 64.4 Å². The van der Waals surface area contributed by atoms with E-state index in [0.717, 1.165) is 5.56 Å². The molecule has 22 heavy (non-hydrogen) atoms. The summed E-state index contributed by atoms with van der Waals surface area (Å²) < 4.78 is 5.63. The van der Waals surface area contributed by atoms with E-state index in [1.165, 1.54) is 0 Å². The minimum absolute atomic E-state index is 0.0204. The van der Waals surface area contributed by atoms with Crippen LogP contribution < -0.4 is 0 Å². The van der Waals surface area contributed by atoms with E-state index in [4.69, 9.17) is 4.74 Å². The lowest BCUT2D eigenvalue weighted by Crippen LogP contribution is -2.25. The first-order chi connectivity index (χ1) is 10.5. The van der Waals surface area contributed by atoms with Crippen molar-refractivity contribution in [3.05, 3.63) is 35.9 Å². The molecule has 4 nitrogen and oxygen atoms in total. The third-order valence-corrected chi connectivity index (χ3v) is 3.96. The van der Waals surface area contributed by atoms with Crippen LogP contribution in [0.3, 0.4) is 0 Å². The highest BCUT2D eigenvalue weighted by atomic mass is 16.5. The first-order valence-electron chi connectivity index (χ1n) is 8.18. The molecule has 4 heteroatoms. The summed E-state index contributed by atoms with van der Waals surface area (Å²) in [5, 5.41) is 29.4. The van der Waals surface area contributed by atoms with Crippen molar-refractivity contribution in [3.63, 3.8) is 0 Å². The molecule has 0 aliphatic heterocycles. The summed E-state index contributed by atoms with van der Waals surface area (Å²) in [7, 11) is 0. The Morgan fingerprint density at radius 2 is 1.68 bits per heavy atom. The third kappa shape index (κ3) is 7.90. The zero-order chi connectivity index (χ0) is 16.4. The van der Waals surface area contributed by atoms with Gasteiger partial charge in [-0.25, -0.2) is 0 Å². The maximum Gasteiger partial charge on any atom is 0.0717 e. The molecule has 0 radical (unpaired) electrons. The fraction of sp³-hybridized carbons (Fsp3) is 0.667. The molecule has 3 N–H and O–H groups in total. The minimum Gasteiger partial charge on any atom is -0.393 e. The van der Waals surface area contributed by atoms with Gasteiger partial charge in [0.25, 0.3) is 0 Å². The Labute approximate surface area is 133 Å². The molecule has 0 amide bonds. The second kappa shape index (κ2) is 10.7. The molecule has 0 bridgehead atoms. The van der Waals surface area contributed by atoms with Gasteiger partial charge in [-0.2, -0.15) is 0 Å². The molecule has 0 unspecified atom stereocenters. The quantitative estimate of drug-likeness (QED) is 0.587. The second-order valence-electron chi connectivity index (χ2n) is 6.07. The van der Waals surface area contributed by atoms with Crippen molar-refractivity contribution in [2.75, 3.05) is 6.61 Å². The average molecular weight is 310 g/mol. The van der Waals surface area contributed by atoms with Crippen LogP contribution in [0.2, 0.25) is 0 Å². The molecule has 0 aliphatic carbocycles. The van der Waals surface area contributed by atoms with Gasteiger partial charge in [0.15, 0.2) is 0 Å². The molecule has 126 valence electrons. The average Bonchev–Trinajstić information content (AvgIpc) is 2.53. The monoisotopic (exact) mass is 310 g/mol. The lowest BCUT2D eigenvalue weighted by Gasteiger charge is -2.21. The predicted octanol–water partition coefficient (Wildman–Crippen LogP) is 2.50. The van der Waals surface area contributed by atoms with Gasteiger partial charge in [-0.15, -0.1) is 0 Å². The van der Waals surface area contributed by atoms with E-state index in [0.29, 0.717) is 38.9 Å². The number of ether oxygens (including phenoxy) is 1. The van der Waals surface area contributed by atoms with Gasteiger partial charge >= 0.3 is 0 Å². The summed E-state index contributed by atoms with van der Waals surface area (Å²) >= 11 is 0. The number of hydrogen-bond acceptors (Lipinski definition) is 4. The maximum atomic E-state index is 10.1. The number of aliphatic hydroxyl groups excluding tert-OH is 3. The van der Waals surface area contributed by atoms with Gasteiger partial charge in [0, 0.05) is 5.92 Å². The third-order valence-electron chi connectivity index (χ3n) is 3.96. The molecule has 0 spiro atoms. The van der Waals surface area contributed by atoms with E-state index in [2.05, 4.69) is 0 Å². The van der Waals surface area contributed by atoms with E-state index >= 15 is 0 Å². The van der Waals surface area contributed by atoms with Crippen LogP contribution in [-0.2, 0) is 11.3 Å². The Morgan fingerprint density at radius 1 is 1.00 bits per heavy atom. The molecular formula is C18H30O4. The molecule has 1 aromatic rings. The van der Waals surface area contributed by atoms with Gasteiger partial charge in [-0.3, -0.25) is 0 Å². The smallest absolute Gasteiger partial charge is 0.0717 e. The first kappa shape index (κ1) is 19.1. The van der Waals surface area contributed by atoms with Crippen LogP contribution in [0.15, 0.2) is 30.3 Å². The normalized spacial score (nSPS) is 17.0. The largest absolute Gasteiger partial charge is 0.393 e. The van der Waals surface area contributed by atoms with Crippen LogP contribution >= 0.6 is 0 Å². The van der Waals surface area contributed by atoms with Gasteiger partial charge in [0.2, 0.25) is 0 Å². The van der Waals surface area contributed by atoms with Crippen LogP contribution in [0.25, 0.3) is 0 Å². The maximum absolute atomic E-state index is 10.1. The summed E-state index contributed by atoms with van der Waals surface area (Å²) in [4.78, 5) is 0. The zero-order valence-corrected chi connectivity index (χ0v) is 13.7. The standard InChI is InChI=1S/C18H30O4/c1-3-16(19)11-17(20)9-10-18(21)14(2)12-22-13-15-7-5-4-6-8-15/h4-8,14,16-21H,3,9-13H2,1-2H3/t14-,16+,17+,18-/m0/s1. The van der Waals surface area contributed by atoms with Gasteiger partial charge < -0.3 is 20.1 Å². The summed E-state index contributed by atoms with van der Waals surface area (Å²) in [5.74, 6) is 0.0204. The Bertz CT molecular complexity index is 382. The van der Waals surface area contributed by atoms with E-state index < -0.39 is 18.3 Å². The fourth-order valence-corrected chi connectivity index (χ4v) is 2.29. The number of hydrogen-bond donors (Lipinski definition) is 3.